The number of hydrogen-bond donors (Lipinski definition) is 2. The highest BCUT2D eigenvalue weighted by molar-refractivity contribution is 5.76. The van der Waals surface area contributed by atoms with Crippen LogP contribution < -0.4 is 10.2 Å². The minimum absolute atomic E-state index is 0.139. The average Bonchev–Trinajstić information content (AvgIpc) is 2.39. The lowest BCUT2D eigenvalue weighted by atomic mass is 10.1. The number of nitrogens with one attached hydrogen (secondary N) is 2. The van der Waals surface area contributed by atoms with Crippen LogP contribution in [0.5, 0.6) is 0 Å². The summed E-state index contributed by atoms with van der Waals surface area (Å²) in [6, 6.07) is 8.32. The number of benzene rings is 1. The third-order valence-corrected chi connectivity index (χ3v) is 4.01. The third-order valence-electron chi connectivity index (χ3n) is 4.01. The SMILES string of the molecule is Cc1ccccc1CCNC(=O)C[NH+]1C[C@@H](C)O[C@H](C)C1. The highest BCUT2D eigenvalue weighted by Gasteiger charge is 2.26. The Morgan fingerprint density at radius 1 is 1.29 bits per heavy atom. The Kier molecular flexibility index (Phi) is 5.76. The highest BCUT2D eigenvalue weighted by atomic mass is 16.5. The van der Waals surface area contributed by atoms with E-state index in [1.165, 1.54) is 16.0 Å². The number of rotatable bonds is 5. The number of amides is 1. The van der Waals surface area contributed by atoms with Gasteiger partial charge in [0, 0.05) is 6.54 Å². The minimum atomic E-state index is 0.139. The summed E-state index contributed by atoms with van der Waals surface area (Å²) in [7, 11) is 0. The summed E-state index contributed by atoms with van der Waals surface area (Å²) in [6.45, 7) is 9.34. The van der Waals surface area contributed by atoms with Crippen LogP contribution in [0.25, 0.3) is 0 Å². The van der Waals surface area contributed by atoms with Gasteiger partial charge in [0.2, 0.25) is 0 Å². The van der Waals surface area contributed by atoms with Crippen molar-refractivity contribution < 1.29 is 14.4 Å². The lowest BCUT2D eigenvalue weighted by Crippen LogP contribution is -3.16. The van der Waals surface area contributed by atoms with Crippen LogP contribution in [0.4, 0.5) is 0 Å². The van der Waals surface area contributed by atoms with Crippen molar-refractivity contribution in [3.63, 3.8) is 0 Å². The van der Waals surface area contributed by atoms with Crippen molar-refractivity contribution >= 4 is 5.91 Å². The first-order valence-electron chi connectivity index (χ1n) is 7.85. The van der Waals surface area contributed by atoms with Gasteiger partial charge in [0.15, 0.2) is 6.54 Å². The van der Waals surface area contributed by atoms with Crippen molar-refractivity contribution in [1.29, 1.82) is 0 Å². The van der Waals surface area contributed by atoms with E-state index in [0.717, 1.165) is 19.5 Å². The molecule has 0 saturated carbocycles. The standard InChI is InChI=1S/C17H26N2O2/c1-13-6-4-5-7-16(13)8-9-18-17(20)12-19-10-14(2)21-15(3)11-19/h4-7,14-15H,8-12H2,1-3H3,(H,18,20)/p+1/t14-,15-/m1/s1. The second-order valence-electron chi connectivity index (χ2n) is 6.12. The normalized spacial score (nSPS) is 25.6. The molecule has 2 N–H and O–H groups in total. The number of hydrogen-bond acceptors (Lipinski definition) is 2. The van der Waals surface area contributed by atoms with Gasteiger partial charge in [0.25, 0.3) is 5.91 Å². The maximum atomic E-state index is 12.0. The average molecular weight is 291 g/mol. The van der Waals surface area contributed by atoms with Crippen LogP contribution in [0.1, 0.15) is 25.0 Å². The van der Waals surface area contributed by atoms with Crippen LogP contribution in [-0.4, -0.2) is 44.3 Å². The van der Waals surface area contributed by atoms with Gasteiger partial charge in [-0.05, 0) is 38.3 Å². The molecule has 1 aliphatic rings. The van der Waals surface area contributed by atoms with E-state index in [1.54, 1.807) is 0 Å². The molecule has 1 aromatic rings. The lowest BCUT2D eigenvalue weighted by Gasteiger charge is -2.31. The molecule has 1 fully saturated rings. The number of quaternary nitrogens is 1. The lowest BCUT2D eigenvalue weighted by molar-refractivity contribution is -0.907. The summed E-state index contributed by atoms with van der Waals surface area (Å²) in [5.74, 6) is 0.139. The Morgan fingerprint density at radius 3 is 2.62 bits per heavy atom. The molecule has 116 valence electrons. The van der Waals surface area contributed by atoms with Crippen molar-refractivity contribution in [3.05, 3.63) is 35.4 Å². The van der Waals surface area contributed by atoms with E-state index in [-0.39, 0.29) is 18.1 Å². The molecular formula is C17H27N2O2+. The summed E-state index contributed by atoms with van der Waals surface area (Å²) in [6.07, 6.45) is 1.37. The number of ether oxygens (including phenoxy) is 1. The molecule has 0 radical (unpaired) electrons. The predicted molar refractivity (Wildman–Crippen MR) is 83.5 cm³/mol. The molecule has 4 nitrogen and oxygen atoms in total. The summed E-state index contributed by atoms with van der Waals surface area (Å²) in [5, 5.41) is 3.03. The van der Waals surface area contributed by atoms with E-state index in [4.69, 9.17) is 4.74 Å². The molecule has 1 saturated heterocycles. The van der Waals surface area contributed by atoms with Gasteiger partial charge in [-0.25, -0.2) is 0 Å². The van der Waals surface area contributed by atoms with Crippen molar-refractivity contribution in [1.82, 2.24) is 5.32 Å². The van der Waals surface area contributed by atoms with Crippen molar-refractivity contribution in [3.8, 4) is 0 Å². The van der Waals surface area contributed by atoms with E-state index in [2.05, 4.69) is 38.2 Å². The van der Waals surface area contributed by atoms with Gasteiger partial charge in [-0.3, -0.25) is 4.79 Å². The fourth-order valence-electron chi connectivity index (χ4n) is 3.05. The summed E-state index contributed by atoms with van der Waals surface area (Å²) in [5.41, 5.74) is 2.59. The zero-order chi connectivity index (χ0) is 15.2. The smallest absolute Gasteiger partial charge is 0.275 e. The van der Waals surface area contributed by atoms with Crippen molar-refractivity contribution in [2.24, 2.45) is 0 Å². The molecule has 1 aromatic carbocycles. The van der Waals surface area contributed by atoms with Crippen LogP contribution in [0.15, 0.2) is 24.3 Å². The van der Waals surface area contributed by atoms with E-state index >= 15 is 0 Å². The summed E-state index contributed by atoms with van der Waals surface area (Å²) < 4.78 is 5.70. The maximum absolute atomic E-state index is 12.0. The molecule has 0 bridgehead atoms. The molecule has 1 amide bonds. The van der Waals surface area contributed by atoms with Gasteiger partial charge in [-0.2, -0.15) is 0 Å². The molecule has 4 heteroatoms. The second-order valence-corrected chi connectivity index (χ2v) is 6.12. The van der Waals surface area contributed by atoms with Gasteiger partial charge in [0.1, 0.15) is 25.3 Å². The number of aryl methyl sites for hydroxylation is 1. The molecule has 1 aliphatic heterocycles. The molecule has 0 spiro atoms. The van der Waals surface area contributed by atoms with Crippen LogP contribution in [0.2, 0.25) is 0 Å². The van der Waals surface area contributed by atoms with Crippen LogP contribution in [0, 0.1) is 6.92 Å². The topological polar surface area (TPSA) is 42.8 Å². The highest BCUT2D eigenvalue weighted by Crippen LogP contribution is 2.06. The molecule has 2 rings (SSSR count). The fraction of sp³-hybridized carbons (Fsp3) is 0.588. The predicted octanol–water partition coefficient (Wildman–Crippen LogP) is 0.346. The summed E-state index contributed by atoms with van der Waals surface area (Å²) >= 11 is 0. The Bertz CT molecular complexity index is 466. The van der Waals surface area contributed by atoms with Gasteiger partial charge >= 0.3 is 0 Å². The molecule has 1 heterocycles. The number of carbonyl (C=O) groups is 1. The maximum Gasteiger partial charge on any atom is 0.275 e. The fourth-order valence-corrected chi connectivity index (χ4v) is 3.05. The van der Waals surface area contributed by atoms with Gasteiger partial charge in [-0.1, -0.05) is 24.3 Å². The summed E-state index contributed by atoms with van der Waals surface area (Å²) in [4.78, 5) is 13.3. The van der Waals surface area contributed by atoms with E-state index in [0.29, 0.717) is 13.1 Å². The zero-order valence-electron chi connectivity index (χ0n) is 13.3. The van der Waals surface area contributed by atoms with E-state index in [9.17, 15) is 4.79 Å². The van der Waals surface area contributed by atoms with E-state index in [1.807, 2.05) is 12.1 Å². The molecular weight excluding hydrogens is 264 g/mol. The first kappa shape index (κ1) is 16.0. The number of carbonyl (C=O) groups excluding carboxylic acids is 1. The van der Waals surface area contributed by atoms with Gasteiger partial charge < -0.3 is 15.0 Å². The Balaban J connectivity index is 1.71. The van der Waals surface area contributed by atoms with Gasteiger partial charge in [-0.15, -0.1) is 0 Å². The Hall–Kier alpha value is -1.39. The van der Waals surface area contributed by atoms with E-state index < -0.39 is 0 Å². The molecule has 0 aromatic heterocycles. The third kappa shape index (κ3) is 5.14. The molecule has 21 heavy (non-hydrogen) atoms. The Labute approximate surface area is 127 Å². The van der Waals surface area contributed by atoms with Crippen molar-refractivity contribution in [2.75, 3.05) is 26.2 Å². The monoisotopic (exact) mass is 291 g/mol. The van der Waals surface area contributed by atoms with Crippen LogP contribution >= 0.6 is 0 Å². The zero-order valence-corrected chi connectivity index (χ0v) is 13.3. The van der Waals surface area contributed by atoms with Crippen LogP contribution in [-0.2, 0) is 16.0 Å². The Morgan fingerprint density at radius 2 is 1.95 bits per heavy atom. The molecule has 2 atom stereocenters. The van der Waals surface area contributed by atoms with Gasteiger partial charge in [0.05, 0.1) is 0 Å². The van der Waals surface area contributed by atoms with Crippen molar-refractivity contribution in [2.45, 2.75) is 39.4 Å². The van der Waals surface area contributed by atoms with Crippen LogP contribution in [0.3, 0.4) is 0 Å². The largest absolute Gasteiger partial charge is 0.364 e. The quantitative estimate of drug-likeness (QED) is 0.822. The first-order chi connectivity index (χ1) is 10.0. The first-order valence-corrected chi connectivity index (χ1v) is 7.85. The number of morpholine rings is 1. The molecule has 0 aliphatic carbocycles. The molecule has 0 unspecified atom stereocenters. The second kappa shape index (κ2) is 7.57. The minimum Gasteiger partial charge on any atom is -0.364 e.